The average molecular weight is 226 g/mol. The van der Waals surface area contributed by atoms with E-state index in [0.29, 0.717) is 6.54 Å². The quantitative estimate of drug-likeness (QED) is 0.523. The number of aliphatic carboxylic acids is 1. The topological polar surface area (TPSA) is 52.6 Å². The maximum Gasteiger partial charge on any atom is 0.332 e. The Hall–Kier alpha value is -0.870. The highest BCUT2D eigenvalue weighted by Gasteiger charge is 2.15. The summed E-state index contributed by atoms with van der Waals surface area (Å²) < 4.78 is 0. The Morgan fingerprint density at radius 3 is 2.69 bits per heavy atom. The second kappa shape index (κ2) is 6.66. The first-order valence-corrected chi connectivity index (χ1v) is 5.90. The minimum absolute atomic E-state index is 0.239. The number of rotatable bonds is 6. The first-order valence-electron chi connectivity index (χ1n) is 5.90. The molecule has 1 fully saturated rings. The first kappa shape index (κ1) is 13.2. The van der Waals surface area contributed by atoms with Crippen molar-refractivity contribution in [1.29, 1.82) is 0 Å². The molecule has 4 nitrogen and oxygen atoms in total. The van der Waals surface area contributed by atoms with Crippen LogP contribution in [-0.2, 0) is 4.79 Å². The Labute approximate surface area is 97.3 Å². The molecular weight excluding hydrogens is 204 g/mol. The largest absolute Gasteiger partial charge is 0.478 e. The van der Waals surface area contributed by atoms with Gasteiger partial charge in [-0.05, 0) is 51.9 Å². The number of carbonyl (C=O) groups is 1. The summed E-state index contributed by atoms with van der Waals surface area (Å²) in [5, 5.41) is 11.7. The number of piperidine rings is 1. The molecule has 0 bridgehead atoms. The van der Waals surface area contributed by atoms with Crippen molar-refractivity contribution in [2.45, 2.75) is 19.3 Å². The molecule has 0 radical (unpaired) electrons. The van der Waals surface area contributed by atoms with E-state index in [1.54, 1.807) is 0 Å². The molecule has 16 heavy (non-hydrogen) atoms. The van der Waals surface area contributed by atoms with Crippen LogP contribution >= 0.6 is 0 Å². The number of nitrogens with zero attached hydrogens (tertiary/aromatic N) is 1. The fourth-order valence-corrected chi connectivity index (χ4v) is 1.97. The summed E-state index contributed by atoms with van der Waals surface area (Å²) >= 11 is 0. The van der Waals surface area contributed by atoms with Crippen LogP contribution in [0.15, 0.2) is 12.2 Å². The zero-order valence-corrected chi connectivity index (χ0v) is 10.0. The summed E-state index contributed by atoms with van der Waals surface area (Å²) in [5.41, 5.74) is 0.239. The fourth-order valence-electron chi connectivity index (χ4n) is 1.97. The van der Waals surface area contributed by atoms with E-state index in [4.69, 9.17) is 5.11 Å². The van der Waals surface area contributed by atoms with E-state index in [1.807, 2.05) is 0 Å². The summed E-state index contributed by atoms with van der Waals surface area (Å²) in [6.07, 6.45) is 3.66. The molecule has 92 valence electrons. The van der Waals surface area contributed by atoms with Gasteiger partial charge in [0.15, 0.2) is 0 Å². The minimum Gasteiger partial charge on any atom is -0.478 e. The highest BCUT2D eigenvalue weighted by Crippen LogP contribution is 2.18. The van der Waals surface area contributed by atoms with Crippen LogP contribution < -0.4 is 5.32 Å². The van der Waals surface area contributed by atoms with E-state index in [1.165, 1.54) is 25.9 Å². The van der Waals surface area contributed by atoms with Crippen molar-refractivity contribution >= 4 is 5.97 Å². The normalized spacial score (nSPS) is 18.6. The predicted molar refractivity (Wildman–Crippen MR) is 64.5 cm³/mol. The molecule has 0 spiro atoms. The van der Waals surface area contributed by atoms with Gasteiger partial charge < -0.3 is 15.3 Å². The van der Waals surface area contributed by atoms with Crippen LogP contribution in [0.2, 0.25) is 0 Å². The van der Waals surface area contributed by atoms with Crippen molar-refractivity contribution in [2.75, 3.05) is 33.2 Å². The Bertz CT molecular complexity index is 245. The lowest BCUT2D eigenvalue weighted by molar-refractivity contribution is -0.132. The molecule has 0 aromatic heterocycles. The van der Waals surface area contributed by atoms with Crippen LogP contribution in [0, 0.1) is 5.92 Å². The molecule has 2 N–H and O–H groups in total. The smallest absolute Gasteiger partial charge is 0.332 e. The molecule has 1 saturated heterocycles. The Morgan fingerprint density at radius 1 is 1.50 bits per heavy atom. The molecule has 0 atom stereocenters. The van der Waals surface area contributed by atoms with Crippen LogP contribution in [-0.4, -0.2) is 49.2 Å². The predicted octanol–water partition coefficient (Wildman–Crippen LogP) is 0.949. The fraction of sp³-hybridized carbons (Fsp3) is 0.750. The van der Waals surface area contributed by atoms with Gasteiger partial charge in [-0.1, -0.05) is 6.58 Å². The van der Waals surface area contributed by atoms with E-state index in [2.05, 4.69) is 23.8 Å². The average Bonchev–Trinajstić information content (AvgIpc) is 2.26. The second-order valence-electron chi connectivity index (χ2n) is 4.62. The molecule has 0 amide bonds. The van der Waals surface area contributed by atoms with Gasteiger partial charge in [0, 0.05) is 12.1 Å². The summed E-state index contributed by atoms with van der Waals surface area (Å²) in [4.78, 5) is 12.8. The maximum absolute atomic E-state index is 10.5. The molecule has 0 aromatic rings. The van der Waals surface area contributed by atoms with Crippen LogP contribution in [0.4, 0.5) is 0 Å². The summed E-state index contributed by atoms with van der Waals surface area (Å²) in [6, 6.07) is 0. The van der Waals surface area contributed by atoms with Gasteiger partial charge in [-0.2, -0.15) is 0 Å². The highest BCUT2D eigenvalue weighted by atomic mass is 16.4. The third-order valence-electron chi connectivity index (χ3n) is 3.21. The third-order valence-corrected chi connectivity index (χ3v) is 3.21. The van der Waals surface area contributed by atoms with Gasteiger partial charge in [-0.3, -0.25) is 0 Å². The zero-order chi connectivity index (χ0) is 12.0. The van der Waals surface area contributed by atoms with Crippen molar-refractivity contribution in [1.82, 2.24) is 10.2 Å². The molecule has 1 heterocycles. The number of likely N-dealkylation sites (tertiary alicyclic amines) is 1. The first-order chi connectivity index (χ1) is 7.59. The summed E-state index contributed by atoms with van der Waals surface area (Å²) in [5.74, 6) is -0.117. The molecule has 0 unspecified atom stereocenters. The van der Waals surface area contributed by atoms with Crippen LogP contribution in [0.25, 0.3) is 0 Å². The Kier molecular flexibility index (Phi) is 5.49. The van der Waals surface area contributed by atoms with E-state index in [9.17, 15) is 4.79 Å². The van der Waals surface area contributed by atoms with E-state index in [-0.39, 0.29) is 5.57 Å². The van der Waals surface area contributed by atoms with Crippen molar-refractivity contribution in [3.05, 3.63) is 12.2 Å². The van der Waals surface area contributed by atoms with Crippen molar-refractivity contribution in [3.63, 3.8) is 0 Å². The number of hydrogen-bond acceptors (Lipinski definition) is 3. The monoisotopic (exact) mass is 226 g/mol. The number of nitrogens with one attached hydrogen (secondary N) is 1. The number of hydrogen-bond donors (Lipinski definition) is 2. The van der Waals surface area contributed by atoms with Crippen molar-refractivity contribution in [3.8, 4) is 0 Å². The number of carboxylic acids is 1. The molecule has 1 aliphatic heterocycles. The summed E-state index contributed by atoms with van der Waals surface area (Å²) in [7, 11) is 2.16. The third kappa shape index (κ3) is 4.77. The highest BCUT2D eigenvalue weighted by molar-refractivity contribution is 5.86. The standard InChI is InChI=1S/C12H22N2O2/c1-10(12(15)16)9-13-6-3-11-4-7-14(2)8-5-11/h11,13H,1,3-9H2,2H3,(H,15,16). The SMILES string of the molecule is C=C(CNCCC1CCN(C)CC1)C(=O)O. The van der Waals surface area contributed by atoms with Crippen LogP contribution in [0.3, 0.4) is 0 Å². The minimum atomic E-state index is -0.910. The van der Waals surface area contributed by atoms with Gasteiger partial charge in [0.25, 0.3) is 0 Å². The lowest BCUT2D eigenvalue weighted by Gasteiger charge is -2.28. The molecular formula is C12H22N2O2. The van der Waals surface area contributed by atoms with E-state index in [0.717, 1.165) is 18.9 Å². The zero-order valence-electron chi connectivity index (χ0n) is 10.0. The van der Waals surface area contributed by atoms with Crippen molar-refractivity contribution in [2.24, 2.45) is 5.92 Å². The molecule has 1 rings (SSSR count). The Morgan fingerprint density at radius 2 is 2.12 bits per heavy atom. The van der Waals surface area contributed by atoms with Crippen LogP contribution in [0.5, 0.6) is 0 Å². The van der Waals surface area contributed by atoms with Gasteiger partial charge in [-0.15, -0.1) is 0 Å². The molecule has 0 aromatic carbocycles. The van der Waals surface area contributed by atoms with Gasteiger partial charge in [0.2, 0.25) is 0 Å². The van der Waals surface area contributed by atoms with Gasteiger partial charge in [0.1, 0.15) is 0 Å². The molecule has 0 saturated carbocycles. The molecule has 4 heteroatoms. The molecule has 0 aliphatic carbocycles. The lowest BCUT2D eigenvalue weighted by Crippen LogP contribution is -2.32. The van der Waals surface area contributed by atoms with Gasteiger partial charge in [0.05, 0.1) is 0 Å². The van der Waals surface area contributed by atoms with Gasteiger partial charge in [-0.25, -0.2) is 4.79 Å². The number of carboxylic acid groups (broad SMARTS) is 1. The lowest BCUT2D eigenvalue weighted by atomic mass is 9.94. The maximum atomic E-state index is 10.5. The van der Waals surface area contributed by atoms with Crippen LogP contribution in [0.1, 0.15) is 19.3 Å². The van der Waals surface area contributed by atoms with E-state index < -0.39 is 5.97 Å². The second-order valence-corrected chi connectivity index (χ2v) is 4.62. The summed E-state index contributed by atoms with van der Waals surface area (Å²) in [6.45, 7) is 7.13. The van der Waals surface area contributed by atoms with E-state index >= 15 is 0 Å². The van der Waals surface area contributed by atoms with Gasteiger partial charge >= 0.3 is 5.97 Å². The molecule has 1 aliphatic rings. The Balaban J connectivity index is 2.03. The van der Waals surface area contributed by atoms with Crippen molar-refractivity contribution < 1.29 is 9.90 Å².